The van der Waals surface area contributed by atoms with Gasteiger partial charge in [0.25, 0.3) is 15.9 Å². The summed E-state index contributed by atoms with van der Waals surface area (Å²) in [4.78, 5) is 14.1. The van der Waals surface area contributed by atoms with Gasteiger partial charge < -0.3 is 4.90 Å². The lowest BCUT2D eigenvalue weighted by Gasteiger charge is -2.20. The highest BCUT2D eigenvalue weighted by Crippen LogP contribution is 2.31. The van der Waals surface area contributed by atoms with Crippen LogP contribution in [0.15, 0.2) is 47.4 Å². The summed E-state index contributed by atoms with van der Waals surface area (Å²) in [7, 11) is -4.17. The Labute approximate surface area is 161 Å². The number of amides is 1. The molecule has 1 aliphatic rings. The number of alkyl halides is 3. The van der Waals surface area contributed by atoms with Gasteiger partial charge in [0, 0.05) is 13.1 Å². The summed E-state index contributed by atoms with van der Waals surface area (Å²) in [6.07, 6.45) is -2.77. The van der Waals surface area contributed by atoms with E-state index in [1.54, 1.807) is 24.0 Å². The van der Waals surface area contributed by atoms with Crippen LogP contribution in [0, 0.1) is 6.92 Å². The van der Waals surface area contributed by atoms with Crippen LogP contribution in [0.4, 0.5) is 18.9 Å². The number of para-hydroxylation sites is 1. The molecule has 2 aromatic rings. The zero-order valence-electron chi connectivity index (χ0n) is 15.1. The Hall–Kier alpha value is -2.55. The molecule has 0 unspecified atom stereocenters. The average molecular weight is 412 g/mol. The van der Waals surface area contributed by atoms with Crippen molar-refractivity contribution in [2.75, 3.05) is 17.8 Å². The van der Waals surface area contributed by atoms with E-state index in [4.69, 9.17) is 0 Å². The molecule has 0 aliphatic carbocycles. The van der Waals surface area contributed by atoms with Crippen molar-refractivity contribution in [3.8, 4) is 0 Å². The van der Waals surface area contributed by atoms with Gasteiger partial charge in [-0.2, -0.15) is 13.2 Å². The van der Waals surface area contributed by atoms with Crippen molar-refractivity contribution in [3.05, 3.63) is 59.2 Å². The van der Waals surface area contributed by atoms with Gasteiger partial charge >= 0.3 is 6.18 Å². The first kappa shape index (κ1) is 20.2. The molecule has 28 heavy (non-hydrogen) atoms. The molecule has 0 bridgehead atoms. The van der Waals surface area contributed by atoms with Gasteiger partial charge in [-0.05, 0) is 55.7 Å². The van der Waals surface area contributed by atoms with Gasteiger partial charge in [-0.3, -0.25) is 9.52 Å². The summed E-state index contributed by atoms with van der Waals surface area (Å²) in [5.41, 5.74) is -0.0375. The van der Waals surface area contributed by atoms with Crippen LogP contribution in [-0.2, 0) is 16.2 Å². The molecule has 0 spiro atoms. The van der Waals surface area contributed by atoms with Crippen LogP contribution in [-0.4, -0.2) is 32.3 Å². The molecule has 150 valence electrons. The van der Waals surface area contributed by atoms with E-state index in [2.05, 4.69) is 4.72 Å². The van der Waals surface area contributed by atoms with Crippen molar-refractivity contribution in [3.63, 3.8) is 0 Å². The lowest BCUT2D eigenvalue weighted by Crippen LogP contribution is -2.29. The molecule has 1 N–H and O–H groups in total. The molecule has 1 aliphatic heterocycles. The van der Waals surface area contributed by atoms with Crippen molar-refractivity contribution in [2.45, 2.75) is 30.8 Å². The zero-order chi connectivity index (χ0) is 20.5. The van der Waals surface area contributed by atoms with Crippen molar-refractivity contribution in [1.29, 1.82) is 0 Å². The number of hydrogen-bond acceptors (Lipinski definition) is 3. The summed E-state index contributed by atoms with van der Waals surface area (Å²) in [5.74, 6) is -0.272. The van der Waals surface area contributed by atoms with Crippen molar-refractivity contribution in [2.24, 2.45) is 0 Å². The smallest absolute Gasteiger partial charge is 0.339 e. The van der Waals surface area contributed by atoms with Crippen molar-refractivity contribution in [1.82, 2.24) is 4.90 Å². The molecule has 1 fully saturated rings. The fourth-order valence-corrected chi connectivity index (χ4v) is 4.24. The van der Waals surface area contributed by atoms with Crippen LogP contribution in [0.3, 0.4) is 0 Å². The highest BCUT2D eigenvalue weighted by Gasteiger charge is 2.31. The Morgan fingerprint density at radius 1 is 1.04 bits per heavy atom. The fraction of sp³-hybridized carbons (Fsp3) is 0.316. The van der Waals surface area contributed by atoms with Gasteiger partial charge in [0.05, 0.1) is 21.7 Å². The fourth-order valence-electron chi connectivity index (χ4n) is 3.09. The van der Waals surface area contributed by atoms with E-state index < -0.39 is 21.8 Å². The minimum atomic E-state index is -4.55. The van der Waals surface area contributed by atoms with Gasteiger partial charge in [-0.15, -0.1) is 0 Å². The van der Waals surface area contributed by atoms with Crippen LogP contribution in [0.2, 0.25) is 0 Å². The number of carbonyl (C=O) groups excluding carboxylic acids is 1. The SMILES string of the molecule is Cc1cccc(C(=O)N2CCCC2)c1NS(=O)(=O)c1ccc(C(F)(F)F)cc1. The molecule has 1 heterocycles. The highest BCUT2D eigenvalue weighted by molar-refractivity contribution is 7.92. The number of likely N-dealkylation sites (tertiary alicyclic amines) is 1. The standard InChI is InChI=1S/C19H19F3N2O3S/c1-13-5-4-6-16(18(25)24-11-2-3-12-24)17(13)23-28(26,27)15-9-7-14(8-10-15)19(20,21)22/h4-10,23H,2-3,11-12H2,1H3. The average Bonchev–Trinajstić information content (AvgIpc) is 3.17. The third kappa shape index (κ3) is 4.14. The summed E-state index contributed by atoms with van der Waals surface area (Å²) in [6, 6.07) is 8.07. The van der Waals surface area contributed by atoms with E-state index >= 15 is 0 Å². The van der Waals surface area contributed by atoms with Crippen LogP contribution >= 0.6 is 0 Å². The molecule has 3 rings (SSSR count). The monoisotopic (exact) mass is 412 g/mol. The topological polar surface area (TPSA) is 66.5 Å². The number of sulfonamides is 1. The van der Waals surface area contributed by atoms with Crippen LogP contribution in [0.5, 0.6) is 0 Å². The predicted molar refractivity (Wildman–Crippen MR) is 98.6 cm³/mol. The second kappa shape index (κ2) is 7.46. The lowest BCUT2D eigenvalue weighted by molar-refractivity contribution is -0.137. The minimum Gasteiger partial charge on any atom is -0.339 e. The number of nitrogens with zero attached hydrogens (tertiary/aromatic N) is 1. The van der Waals surface area contributed by atoms with E-state index in [9.17, 15) is 26.4 Å². The third-order valence-corrected chi connectivity index (χ3v) is 5.99. The molecule has 1 amide bonds. The molecule has 9 heteroatoms. The first-order chi connectivity index (χ1) is 13.1. The van der Waals surface area contributed by atoms with E-state index in [1.807, 2.05) is 0 Å². The van der Waals surface area contributed by atoms with E-state index in [0.29, 0.717) is 30.8 Å². The number of rotatable bonds is 4. The first-order valence-corrected chi connectivity index (χ1v) is 10.2. The first-order valence-electron chi connectivity index (χ1n) is 8.68. The molecule has 2 aromatic carbocycles. The van der Waals surface area contributed by atoms with E-state index in [0.717, 1.165) is 25.0 Å². The maximum Gasteiger partial charge on any atom is 0.416 e. The normalized spacial score (nSPS) is 14.9. The Kier molecular flexibility index (Phi) is 5.38. The number of aryl methyl sites for hydroxylation is 1. The van der Waals surface area contributed by atoms with Crippen LogP contribution in [0.1, 0.15) is 34.3 Å². The lowest BCUT2D eigenvalue weighted by atomic mass is 10.1. The molecule has 5 nitrogen and oxygen atoms in total. The van der Waals surface area contributed by atoms with Crippen molar-refractivity contribution < 1.29 is 26.4 Å². The number of halogens is 3. The number of hydrogen-bond donors (Lipinski definition) is 1. The largest absolute Gasteiger partial charge is 0.416 e. The van der Waals surface area contributed by atoms with Crippen LogP contribution < -0.4 is 4.72 Å². The Balaban J connectivity index is 1.93. The second-order valence-electron chi connectivity index (χ2n) is 6.62. The van der Waals surface area contributed by atoms with Crippen LogP contribution in [0.25, 0.3) is 0 Å². The summed E-state index contributed by atoms with van der Waals surface area (Å²) in [6.45, 7) is 2.88. The number of anilines is 1. The third-order valence-electron chi connectivity index (χ3n) is 4.62. The quantitative estimate of drug-likeness (QED) is 0.824. The van der Waals surface area contributed by atoms with Gasteiger partial charge in [0.2, 0.25) is 0 Å². The number of carbonyl (C=O) groups is 1. The maximum atomic E-state index is 12.8. The summed E-state index contributed by atoms with van der Waals surface area (Å²) >= 11 is 0. The van der Waals surface area contributed by atoms with Crippen molar-refractivity contribution >= 4 is 21.6 Å². The highest BCUT2D eigenvalue weighted by atomic mass is 32.2. The van der Waals surface area contributed by atoms with Gasteiger partial charge in [0.1, 0.15) is 0 Å². The zero-order valence-corrected chi connectivity index (χ0v) is 15.9. The second-order valence-corrected chi connectivity index (χ2v) is 8.31. The molecule has 0 radical (unpaired) electrons. The Morgan fingerprint density at radius 3 is 2.21 bits per heavy atom. The molecular weight excluding hydrogens is 393 g/mol. The number of nitrogens with one attached hydrogen (secondary N) is 1. The summed E-state index contributed by atoms with van der Waals surface area (Å²) < 4.78 is 65.9. The molecule has 1 saturated heterocycles. The van der Waals surface area contributed by atoms with Gasteiger partial charge in [-0.25, -0.2) is 8.42 Å². The molecule has 0 atom stereocenters. The Morgan fingerprint density at radius 2 is 1.64 bits per heavy atom. The van der Waals surface area contributed by atoms with Gasteiger partial charge in [-0.1, -0.05) is 12.1 Å². The van der Waals surface area contributed by atoms with E-state index in [1.165, 1.54) is 6.07 Å². The molecule has 0 saturated carbocycles. The summed E-state index contributed by atoms with van der Waals surface area (Å²) in [5, 5.41) is 0. The molecular formula is C19H19F3N2O3S. The molecule has 0 aromatic heterocycles. The Bertz CT molecular complexity index is 980. The maximum absolute atomic E-state index is 12.8. The van der Waals surface area contributed by atoms with E-state index in [-0.39, 0.29) is 22.1 Å². The number of benzene rings is 2. The minimum absolute atomic E-state index is 0.138. The predicted octanol–water partition coefficient (Wildman–Crippen LogP) is 4.05. The van der Waals surface area contributed by atoms with Gasteiger partial charge in [0.15, 0.2) is 0 Å².